The van der Waals surface area contributed by atoms with Crippen LogP contribution in [0.15, 0.2) is 0 Å². The first-order chi connectivity index (χ1) is 3.42. The fourth-order valence-electron chi connectivity index (χ4n) is 0.295. The molecule has 0 saturated heterocycles. The van der Waals surface area contributed by atoms with Crippen molar-refractivity contribution in [2.75, 3.05) is 0 Å². The summed E-state index contributed by atoms with van der Waals surface area (Å²) in [6.07, 6.45) is -1.55. The summed E-state index contributed by atoms with van der Waals surface area (Å²) in [7, 11) is 0. The largest absolute Gasteiger partial charge is 0.393 e. The molecule has 0 amide bonds. The van der Waals surface area contributed by atoms with Crippen LogP contribution in [-0.4, -0.2) is 11.2 Å². The molecule has 6 heavy (non-hydrogen) atoms. The van der Waals surface area contributed by atoms with Gasteiger partial charge in [-0.2, -0.15) is 0 Å². The molecule has 0 bridgehead atoms. The lowest BCUT2D eigenvalue weighted by Crippen LogP contribution is -1.95. The molecular weight excluding hydrogens is 76.1 g/mol. The molecule has 1 atom stereocenters. The van der Waals surface area contributed by atoms with Gasteiger partial charge in [0.15, 0.2) is 0 Å². The minimum Gasteiger partial charge on any atom is -0.393 e. The molecule has 0 aromatic heterocycles. The maximum atomic E-state index is 8.65. The van der Waals surface area contributed by atoms with Crippen LogP contribution < -0.4 is 0 Å². The van der Waals surface area contributed by atoms with Crippen molar-refractivity contribution in [3.8, 4) is 0 Å². The molecule has 1 N–H and O–H groups in total. The Morgan fingerprint density at radius 3 is 2.50 bits per heavy atom. The van der Waals surface area contributed by atoms with Crippen LogP contribution >= 0.6 is 0 Å². The van der Waals surface area contributed by atoms with Gasteiger partial charge in [0.2, 0.25) is 0 Å². The van der Waals surface area contributed by atoms with Gasteiger partial charge in [0.05, 0.1) is 6.10 Å². The Morgan fingerprint density at radius 2 is 2.50 bits per heavy atom. The summed E-state index contributed by atoms with van der Waals surface area (Å²) in [4.78, 5) is 0. The quantitative estimate of drug-likeness (QED) is 0.539. The topological polar surface area (TPSA) is 20.2 Å². The predicted octanol–water partition coefficient (Wildman–Crippen LogP) is 1.17. The summed E-state index contributed by atoms with van der Waals surface area (Å²) in [6, 6.07) is 0. The molecule has 0 saturated carbocycles. The van der Waals surface area contributed by atoms with E-state index in [0.29, 0.717) is 0 Å². The van der Waals surface area contributed by atoms with E-state index < -0.39 is 12.5 Å². The molecule has 0 spiro atoms. The highest BCUT2D eigenvalue weighted by molar-refractivity contribution is 4.40. The van der Waals surface area contributed by atoms with E-state index in [1.54, 1.807) is 6.92 Å². The van der Waals surface area contributed by atoms with Gasteiger partial charge in [-0.25, -0.2) is 0 Å². The third-order valence-electron chi connectivity index (χ3n) is 0.500. The first-order valence-electron chi connectivity index (χ1n) is 3.10. The highest BCUT2D eigenvalue weighted by Gasteiger charge is 1.87. The van der Waals surface area contributed by atoms with E-state index in [1.807, 2.05) is 0 Å². The van der Waals surface area contributed by atoms with E-state index in [0.717, 1.165) is 0 Å². The molecule has 0 radical (unpaired) electrons. The highest BCUT2D eigenvalue weighted by atomic mass is 16.3. The molecule has 0 rings (SSSR count). The van der Waals surface area contributed by atoms with Crippen LogP contribution in [0.4, 0.5) is 0 Å². The summed E-state index contributed by atoms with van der Waals surface area (Å²) in [5.74, 6) is 0. The molecule has 1 nitrogen and oxygen atoms in total. The summed E-state index contributed by atoms with van der Waals surface area (Å²) >= 11 is 0. The smallest absolute Gasteiger partial charge is 0.0512 e. The van der Waals surface area contributed by atoms with E-state index in [9.17, 15) is 0 Å². The Kier molecular flexibility index (Phi) is 1.59. The van der Waals surface area contributed by atoms with E-state index in [4.69, 9.17) is 7.85 Å². The molecule has 1 unspecified atom stereocenters. The van der Waals surface area contributed by atoms with Crippen molar-refractivity contribution in [2.45, 2.75) is 32.7 Å². The molecule has 0 aromatic rings. The second-order valence-electron chi connectivity index (χ2n) is 1.41. The van der Waals surface area contributed by atoms with E-state index in [1.165, 1.54) is 6.92 Å². The standard InChI is InChI=1S/C5H12O/c1-3-4-5(2)6/h5-6H,3-4H2,1-2H3/i3D2. The van der Waals surface area contributed by atoms with Crippen molar-refractivity contribution in [3.05, 3.63) is 0 Å². The summed E-state index contributed by atoms with van der Waals surface area (Å²) in [5.41, 5.74) is 0. The SMILES string of the molecule is [2H]C([2H])(C)CC(C)O. The fourth-order valence-corrected chi connectivity index (χ4v) is 0.295. The molecule has 0 aliphatic rings. The van der Waals surface area contributed by atoms with Crippen molar-refractivity contribution in [1.29, 1.82) is 0 Å². The Labute approximate surface area is 41.8 Å². The summed E-state index contributed by atoms with van der Waals surface area (Å²) < 4.78 is 13.9. The van der Waals surface area contributed by atoms with Crippen molar-refractivity contribution in [3.63, 3.8) is 0 Å². The minimum absolute atomic E-state index is 0.215. The molecule has 0 aliphatic heterocycles. The Morgan fingerprint density at radius 1 is 2.00 bits per heavy atom. The maximum absolute atomic E-state index is 8.65. The minimum atomic E-state index is -1.23. The van der Waals surface area contributed by atoms with Crippen LogP contribution in [0.2, 0.25) is 0 Å². The molecular formula is C5H12O. The van der Waals surface area contributed by atoms with Crippen molar-refractivity contribution in [2.24, 2.45) is 0 Å². The van der Waals surface area contributed by atoms with Crippen LogP contribution in [-0.2, 0) is 0 Å². The van der Waals surface area contributed by atoms with Crippen LogP contribution in [0.1, 0.15) is 29.4 Å². The Hall–Kier alpha value is -0.0400. The van der Waals surface area contributed by atoms with Crippen LogP contribution in [0.25, 0.3) is 0 Å². The third kappa shape index (κ3) is 3.96. The molecule has 1 heteroatoms. The van der Waals surface area contributed by atoms with Crippen molar-refractivity contribution in [1.82, 2.24) is 0 Å². The monoisotopic (exact) mass is 90.1 g/mol. The normalized spacial score (nSPS) is 21.8. The van der Waals surface area contributed by atoms with E-state index >= 15 is 0 Å². The lowest BCUT2D eigenvalue weighted by Gasteiger charge is -1.95. The van der Waals surface area contributed by atoms with Gasteiger partial charge in [0, 0.05) is 2.74 Å². The van der Waals surface area contributed by atoms with Gasteiger partial charge in [-0.3, -0.25) is 0 Å². The lowest BCUT2D eigenvalue weighted by atomic mass is 10.2. The van der Waals surface area contributed by atoms with E-state index in [2.05, 4.69) is 0 Å². The zero-order valence-electron chi connectivity index (χ0n) is 6.23. The average Bonchev–Trinajstić information content (AvgIpc) is 1.21. The van der Waals surface area contributed by atoms with Gasteiger partial charge in [-0.15, -0.1) is 0 Å². The summed E-state index contributed by atoms with van der Waals surface area (Å²) in [5, 5.41) is 8.65. The van der Waals surface area contributed by atoms with Crippen LogP contribution in [0.5, 0.6) is 0 Å². The second-order valence-corrected chi connectivity index (χ2v) is 1.41. The summed E-state index contributed by atoms with van der Waals surface area (Å²) in [6.45, 7) is 3.04. The second kappa shape index (κ2) is 3.16. The van der Waals surface area contributed by atoms with Gasteiger partial charge >= 0.3 is 0 Å². The zero-order valence-corrected chi connectivity index (χ0v) is 4.23. The average molecular weight is 90.2 g/mol. The fraction of sp³-hybridized carbons (Fsp3) is 1.00. The van der Waals surface area contributed by atoms with Gasteiger partial charge in [0.1, 0.15) is 0 Å². The first-order valence-corrected chi connectivity index (χ1v) is 2.10. The number of rotatable bonds is 2. The van der Waals surface area contributed by atoms with Gasteiger partial charge in [-0.05, 0) is 13.3 Å². The molecule has 0 heterocycles. The first kappa shape index (κ1) is 3.03. The zero-order chi connectivity index (χ0) is 6.78. The predicted molar refractivity (Wildman–Crippen MR) is 26.6 cm³/mol. The molecule has 0 fully saturated rings. The third-order valence-corrected chi connectivity index (χ3v) is 0.500. The molecule has 0 aromatic carbocycles. The van der Waals surface area contributed by atoms with Crippen molar-refractivity contribution < 1.29 is 7.85 Å². The Bertz CT molecular complexity index is 65.3. The van der Waals surface area contributed by atoms with Crippen LogP contribution in [0.3, 0.4) is 0 Å². The van der Waals surface area contributed by atoms with Gasteiger partial charge in [-0.1, -0.05) is 13.3 Å². The number of hydrogen-bond donors (Lipinski definition) is 1. The number of hydrogen-bond acceptors (Lipinski definition) is 1. The maximum Gasteiger partial charge on any atom is 0.0512 e. The van der Waals surface area contributed by atoms with Crippen LogP contribution in [0, 0.1) is 0 Å². The van der Waals surface area contributed by atoms with Crippen molar-refractivity contribution >= 4 is 0 Å². The van der Waals surface area contributed by atoms with E-state index in [-0.39, 0.29) is 6.42 Å². The number of aliphatic hydroxyl groups excluding tert-OH is 1. The lowest BCUT2D eigenvalue weighted by molar-refractivity contribution is 0.183. The van der Waals surface area contributed by atoms with Gasteiger partial charge < -0.3 is 5.11 Å². The number of aliphatic hydroxyl groups is 1. The molecule has 0 aliphatic carbocycles. The molecule has 38 valence electrons. The Balaban J connectivity index is 3.39. The van der Waals surface area contributed by atoms with Gasteiger partial charge in [0.25, 0.3) is 0 Å². The highest BCUT2D eigenvalue weighted by Crippen LogP contribution is 1.91.